The van der Waals surface area contributed by atoms with Gasteiger partial charge in [-0.1, -0.05) is 11.6 Å². The van der Waals surface area contributed by atoms with E-state index < -0.39 is 0 Å². The number of halogens is 2. The highest BCUT2D eigenvalue weighted by Gasteiger charge is 2.11. The molecule has 0 fully saturated rings. The van der Waals surface area contributed by atoms with Crippen LogP contribution in [0.4, 0.5) is 0 Å². The maximum atomic E-state index is 9.56. The molecular formula is C10H15ClINO. The van der Waals surface area contributed by atoms with Crippen molar-refractivity contribution in [2.45, 2.75) is 6.54 Å². The number of phenolic OH excluding ortho intramolecular Hbond substituents is 1. The van der Waals surface area contributed by atoms with Crippen LogP contribution in [0, 0.1) is 0 Å². The van der Waals surface area contributed by atoms with Crippen LogP contribution < -0.4 is 24.0 Å². The largest absolute Gasteiger partial charge is 1.00 e. The van der Waals surface area contributed by atoms with Crippen LogP contribution in [0.15, 0.2) is 18.2 Å². The minimum Gasteiger partial charge on any atom is -1.00 e. The Kier molecular flexibility index (Phi) is 5.19. The van der Waals surface area contributed by atoms with E-state index in [1.54, 1.807) is 12.1 Å². The average Bonchev–Trinajstić information content (AvgIpc) is 1.93. The predicted octanol–water partition coefficient (Wildman–Crippen LogP) is -0.744. The quantitative estimate of drug-likeness (QED) is 0.560. The molecule has 0 atom stereocenters. The van der Waals surface area contributed by atoms with E-state index in [1.807, 2.05) is 6.07 Å². The molecule has 0 aliphatic carbocycles. The highest BCUT2D eigenvalue weighted by Crippen LogP contribution is 2.23. The Bertz CT molecular complexity index is 309. The van der Waals surface area contributed by atoms with E-state index in [1.165, 1.54) is 0 Å². The molecule has 0 heterocycles. The van der Waals surface area contributed by atoms with E-state index in [0.29, 0.717) is 5.02 Å². The SMILES string of the molecule is C[N+](C)(C)Cc1ccc(Cl)cc1O.[I-]. The molecule has 0 bridgehead atoms. The van der Waals surface area contributed by atoms with Gasteiger partial charge in [0.1, 0.15) is 12.3 Å². The van der Waals surface area contributed by atoms with Crippen molar-refractivity contribution in [1.29, 1.82) is 0 Å². The first-order chi connectivity index (χ1) is 5.88. The molecule has 0 spiro atoms. The minimum atomic E-state index is 0. The first kappa shape index (κ1) is 14.0. The van der Waals surface area contributed by atoms with E-state index in [-0.39, 0.29) is 29.7 Å². The van der Waals surface area contributed by atoms with E-state index in [2.05, 4.69) is 21.1 Å². The van der Waals surface area contributed by atoms with Crippen LogP contribution in [0.1, 0.15) is 5.56 Å². The number of nitrogens with zero attached hydrogens (tertiary/aromatic N) is 1. The molecule has 0 aromatic heterocycles. The van der Waals surface area contributed by atoms with E-state index in [0.717, 1.165) is 16.6 Å². The van der Waals surface area contributed by atoms with Crippen LogP contribution >= 0.6 is 11.6 Å². The number of aromatic hydroxyl groups is 1. The number of hydrogen-bond donors (Lipinski definition) is 1. The average molecular weight is 328 g/mol. The topological polar surface area (TPSA) is 20.2 Å². The Morgan fingerprint density at radius 2 is 1.86 bits per heavy atom. The summed E-state index contributed by atoms with van der Waals surface area (Å²) in [7, 11) is 6.23. The number of hydrogen-bond acceptors (Lipinski definition) is 1. The van der Waals surface area contributed by atoms with Crippen molar-refractivity contribution < 1.29 is 33.6 Å². The minimum absolute atomic E-state index is 0. The van der Waals surface area contributed by atoms with Crippen LogP contribution in [-0.2, 0) is 6.54 Å². The number of rotatable bonds is 2. The molecule has 80 valence electrons. The molecule has 0 amide bonds. The molecule has 0 aliphatic rings. The van der Waals surface area contributed by atoms with E-state index in [9.17, 15) is 5.11 Å². The molecule has 1 rings (SSSR count). The standard InChI is InChI=1S/C10H14ClNO.HI/c1-12(2,3)7-8-4-5-9(11)6-10(8)13;/h4-6H,7H2,1-3H3;1H. The van der Waals surface area contributed by atoms with Crippen molar-refractivity contribution in [2.75, 3.05) is 21.1 Å². The molecule has 1 aromatic rings. The monoisotopic (exact) mass is 327 g/mol. The fourth-order valence-corrected chi connectivity index (χ4v) is 1.35. The highest BCUT2D eigenvalue weighted by molar-refractivity contribution is 6.30. The Hall–Kier alpha value is 0. The van der Waals surface area contributed by atoms with Gasteiger partial charge in [-0.05, 0) is 18.2 Å². The molecule has 0 aliphatic heterocycles. The first-order valence-electron chi connectivity index (χ1n) is 4.16. The van der Waals surface area contributed by atoms with Crippen molar-refractivity contribution in [3.63, 3.8) is 0 Å². The van der Waals surface area contributed by atoms with Gasteiger partial charge in [0.15, 0.2) is 0 Å². The van der Waals surface area contributed by atoms with Gasteiger partial charge in [-0.2, -0.15) is 0 Å². The van der Waals surface area contributed by atoms with Gasteiger partial charge < -0.3 is 33.6 Å². The lowest BCUT2D eigenvalue weighted by atomic mass is 10.2. The normalized spacial score (nSPS) is 10.9. The van der Waals surface area contributed by atoms with Crippen molar-refractivity contribution in [3.05, 3.63) is 28.8 Å². The second-order valence-electron chi connectivity index (χ2n) is 4.22. The van der Waals surface area contributed by atoms with Gasteiger partial charge in [0, 0.05) is 10.6 Å². The molecule has 2 nitrogen and oxygen atoms in total. The zero-order valence-electron chi connectivity index (χ0n) is 8.59. The summed E-state index contributed by atoms with van der Waals surface area (Å²) in [6, 6.07) is 5.24. The Labute approximate surface area is 107 Å². The smallest absolute Gasteiger partial charge is 0.125 e. The maximum Gasteiger partial charge on any atom is 0.125 e. The summed E-state index contributed by atoms with van der Waals surface area (Å²) in [4.78, 5) is 0. The van der Waals surface area contributed by atoms with Crippen molar-refractivity contribution in [2.24, 2.45) is 0 Å². The predicted molar refractivity (Wildman–Crippen MR) is 54.9 cm³/mol. The van der Waals surface area contributed by atoms with Crippen LogP contribution in [-0.4, -0.2) is 30.7 Å². The highest BCUT2D eigenvalue weighted by atomic mass is 127. The van der Waals surface area contributed by atoms with Gasteiger partial charge in [-0.3, -0.25) is 0 Å². The van der Waals surface area contributed by atoms with Gasteiger partial charge >= 0.3 is 0 Å². The molecule has 0 radical (unpaired) electrons. The summed E-state index contributed by atoms with van der Waals surface area (Å²) in [6.07, 6.45) is 0. The molecule has 4 heteroatoms. The van der Waals surface area contributed by atoms with Gasteiger partial charge in [0.25, 0.3) is 0 Å². The third-order valence-corrected chi connectivity index (χ3v) is 1.93. The molecule has 1 N–H and O–H groups in total. The molecule has 0 saturated heterocycles. The van der Waals surface area contributed by atoms with Crippen LogP contribution in [0.25, 0.3) is 0 Å². The second-order valence-corrected chi connectivity index (χ2v) is 4.66. The zero-order chi connectivity index (χ0) is 10.1. The Morgan fingerprint density at radius 3 is 2.29 bits per heavy atom. The second kappa shape index (κ2) is 5.19. The molecule has 14 heavy (non-hydrogen) atoms. The lowest BCUT2D eigenvalue weighted by molar-refractivity contribution is -0.884. The van der Waals surface area contributed by atoms with Crippen molar-refractivity contribution in [1.82, 2.24) is 0 Å². The Balaban J connectivity index is 0.00000169. The summed E-state index contributed by atoms with van der Waals surface area (Å²) in [5.41, 5.74) is 0.928. The number of quaternary nitrogens is 1. The van der Waals surface area contributed by atoms with Crippen molar-refractivity contribution in [3.8, 4) is 5.75 Å². The van der Waals surface area contributed by atoms with Crippen LogP contribution in [0.5, 0.6) is 5.75 Å². The van der Waals surface area contributed by atoms with Gasteiger partial charge in [0.2, 0.25) is 0 Å². The molecule has 0 unspecified atom stereocenters. The van der Waals surface area contributed by atoms with Gasteiger partial charge in [0.05, 0.1) is 21.1 Å². The lowest BCUT2D eigenvalue weighted by Crippen LogP contribution is -3.00. The number of phenols is 1. The Morgan fingerprint density at radius 1 is 1.29 bits per heavy atom. The molecular weight excluding hydrogens is 312 g/mol. The molecule has 0 saturated carbocycles. The summed E-state index contributed by atoms with van der Waals surface area (Å²) in [5.74, 6) is 0.278. The first-order valence-corrected chi connectivity index (χ1v) is 4.54. The maximum absolute atomic E-state index is 9.56. The summed E-state index contributed by atoms with van der Waals surface area (Å²) < 4.78 is 0.787. The van der Waals surface area contributed by atoms with Crippen LogP contribution in [0.3, 0.4) is 0 Å². The summed E-state index contributed by atoms with van der Waals surface area (Å²) in [6.45, 7) is 0.795. The van der Waals surface area contributed by atoms with E-state index in [4.69, 9.17) is 11.6 Å². The van der Waals surface area contributed by atoms with E-state index >= 15 is 0 Å². The van der Waals surface area contributed by atoms with Gasteiger partial charge in [-0.15, -0.1) is 0 Å². The third kappa shape index (κ3) is 4.48. The van der Waals surface area contributed by atoms with Gasteiger partial charge in [-0.25, -0.2) is 0 Å². The number of benzene rings is 1. The van der Waals surface area contributed by atoms with Crippen LogP contribution in [0.2, 0.25) is 5.02 Å². The summed E-state index contributed by atoms with van der Waals surface area (Å²) >= 11 is 5.72. The zero-order valence-corrected chi connectivity index (χ0v) is 11.5. The summed E-state index contributed by atoms with van der Waals surface area (Å²) in [5, 5.41) is 10.1. The lowest BCUT2D eigenvalue weighted by Gasteiger charge is -2.24. The third-order valence-electron chi connectivity index (χ3n) is 1.69. The van der Waals surface area contributed by atoms with Crippen molar-refractivity contribution >= 4 is 11.6 Å². The molecule has 1 aromatic carbocycles. The fraction of sp³-hybridized carbons (Fsp3) is 0.400. The fourth-order valence-electron chi connectivity index (χ4n) is 1.18.